The summed E-state index contributed by atoms with van der Waals surface area (Å²) >= 11 is 1.72. The summed E-state index contributed by atoms with van der Waals surface area (Å²) in [6.45, 7) is 4.30. The fraction of sp³-hybridized carbons (Fsp3) is 0.379. The monoisotopic (exact) mass is 507 g/mol. The van der Waals surface area contributed by atoms with Gasteiger partial charge in [-0.1, -0.05) is 31.2 Å². The molecule has 0 saturated carbocycles. The maximum atomic E-state index is 13.7. The number of methoxy groups -OCH3 is 2. The standard InChI is InChI=1S/C29H33NO5S/c1-5-36-15-14-35-29(32)26-18(2)30-24-16-21(19-6-10-22(33-3)11-7-19)17-25(31)28(24)27(26)20-8-12-23(34-4)13-9-20/h6-13,21,27,30H,5,14-17H2,1-4H3/t21-,27-/m0/s1. The van der Waals surface area contributed by atoms with Crippen molar-refractivity contribution in [2.24, 2.45) is 0 Å². The van der Waals surface area contributed by atoms with Gasteiger partial charge >= 0.3 is 5.97 Å². The predicted octanol–water partition coefficient (Wildman–Crippen LogP) is 5.36. The number of carbonyl (C=O) groups excluding carboxylic acids is 2. The summed E-state index contributed by atoms with van der Waals surface area (Å²) in [5.74, 6) is 2.45. The van der Waals surface area contributed by atoms with Gasteiger partial charge < -0.3 is 19.5 Å². The second-order valence-electron chi connectivity index (χ2n) is 8.90. The molecule has 1 aliphatic carbocycles. The molecule has 190 valence electrons. The lowest BCUT2D eigenvalue weighted by Gasteiger charge is -2.36. The summed E-state index contributed by atoms with van der Waals surface area (Å²) < 4.78 is 16.3. The summed E-state index contributed by atoms with van der Waals surface area (Å²) in [5, 5.41) is 3.41. The number of rotatable bonds is 9. The second kappa shape index (κ2) is 11.7. The van der Waals surface area contributed by atoms with E-state index in [4.69, 9.17) is 14.2 Å². The molecule has 0 unspecified atom stereocenters. The number of thioether (sulfide) groups is 1. The number of allylic oxidation sites excluding steroid dienone is 3. The molecule has 4 rings (SSSR count). The van der Waals surface area contributed by atoms with Gasteiger partial charge in [0.15, 0.2) is 5.78 Å². The fourth-order valence-corrected chi connectivity index (χ4v) is 5.46. The van der Waals surface area contributed by atoms with Crippen molar-refractivity contribution in [1.82, 2.24) is 5.32 Å². The summed E-state index contributed by atoms with van der Waals surface area (Å²) in [6, 6.07) is 15.5. The van der Waals surface area contributed by atoms with E-state index in [9.17, 15) is 9.59 Å². The van der Waals surface area contributed by atoms with Gasteiger partial charge in [-0.25, -0.2) is 4.79 Å². The molecule has 2 atom stereocenters. The van der Waals surface area contributed by atoms with Gasteiger partial charge in [0.25, 0.3) is 0 Å². The smallest absolute Gasteiger partial charge is 0.336 e. The van der Waals surface area contributed by atoms with Crippen LogP contribution < -0.4 is 14.8 Å². The molecule has 0 spiro atoms. The van der Waals surface area contributed by atoms with Gasteiger partial charge in [0.05, 0.1) is 19.8 Å². The molecule has 1 N–H and O–H groups in total. The first-order valence-corrected chi connectivity index (χ1v) is 13.4. The lowest BCUT2D eigenvalue weighted by atomic mass is 9.71. The molecule has 0 amide bonds. The van der Waals surface area contributed by atoms with Crippen LogP contribution in [0.15, 0.2) is 71.1 Å². The molecule has 1 aliphatic heterocycles. The number of nitrogens with one attached hydrogen (secondary N) is 1. The van der Waals surface area contributed by atoms with Crippen LogP contribution >= 0.6 is 11.8 Å². The summed E-state index contributed by atoms with van der Waals surface area (Å²) in [7, 11) is 3.26. The van der Waals surface area contributed by atoms with Crippen molar-refractivity contribution < 1.29 is 23.8 Å². The number of hydrogen-bond donors (Lipinski definition) is 1. The van der Waals surface area contributed by atoms with Gasteiger partial charge in [-0.2, -0.15) is 11.8 Å². The normalized spacial score (nSPS) is 19.5. The minimum Gasteiger partial charge on any atom is -0.497 e. The van der Waals surface area contributed by atoms with Crippen LogP contribution in [-0.4, -0.2) is 44.1 Å². The molecule has 0 saturated heterocycles. The number of ketones is 1. The Balaban J connectivity index is 1.69. The van der Waals surface area contributed by atoms with Crippen LogP contribution in [0.1, 0.15) is 49.7 Å². The van der Waals surface area contributed by atoms with E-state index in [2.05, 4.69) is 12.2 Å². The third kappa shape index (κ3) is 5.46. The van der Waals surface area contributed by atoms with E-state index in [1.54, 1.807) is 26.0 Å². The number of benzene rings is 2. The van der Waals surface area contributed by atoms with Gasteiger partial charge in [0.2, 0.25) is 0 Å². The van der Waals surface area contributed by atoms with Gasteiger partial charge in [0, 0.05) is 35.1 Å². The molecule has 2 aromatic carbocycles. The van der Waals surface area contributed by atoms with Gasteiger partial charge in [-0.05, 0) is 60.4 Å². The van der Waals surface area contributed by atoms with Crippen molar-refractivity contribution in [2.75, 3.05) is 32.3 Å². The predicted molar refractivity (Wildman–Crippen MR) is 143 cm³/mol. The fourth-order valence-electron chi connectivity index (χ4n) is 4.97. The van der Waals surface area contributed by atoms with Crippen molar-refractivity contribution in [3.8, 4) is 11.5 Å². The van der Waals surface area contributed by atoms with Gasteiger partial charge in [-0.15, -0.1) is 0 Å². The number of ether oxygens (including phenoxy) is 3. The highest BCUT2D eigenvalue weighted by atomic mass is 32.2. The molecule has 36 heavy (non-hydrogen) atoms. The van der Waals surface area contributed by atoms with Crippen LogP contribution in [-0.2, 0) is 14.3 Å². The van der Waals surface area contributed by atoms with E-state index in [0.717, 1.165) is 45.5 Å². The first kappa shape index (κ1) is 25.9. The van der Waals surface area contributed by atoms with Crippen LogP contribution in [0.25, 0.3) is 0 Å². The molecule has 0 fully saturated rings. The number of hydrogen-bond acceptors (Lipinski definition) is 7. The highest BCUT2D eigenvalue weighted by molar-refractivity contribution is 7.99. The zero-order valence-corrected chi connectivity index (χ0v) is 22.1. The average molecular weight is 508 g/mol. The average Bonchev–Trinajstić information content (AvgIpc) is 2.90. The highest BCUT2D eigenvalue weighted by Crippen LogP contribution is 2.46. The molecule has 7 heteroatoms. The zero-order valence-electron chi connectivity index (χ0n) is 21.3. The quantitative estimate of drug-likeness (QED) is 0.362. The number of dihydropyridines is 1. The first-order valence-electron chi connectivity index (χ1n) is 12.2. The van der Waals surface area contributed by atoms with Crippen LogP contribution in [0.3, 0.4) is 0 Å². The first-order chi connectivity index (χ1) is 17.5. The largest absolute Gasteiger partial charge is 0.497 e. The number of esters is 1. The van der Waals surface area contributed by atoms with E-state index in [1.165, 1.54) is 0 Å². The Bertz CT molecular complexity index is 1170. The van der Waals surface area contributed by atoms with Crippen molar-refractivity contribution in [3.63, 3.8) is 0 Å². The number of carbonyl (C=O) groups is 2. The maximum absolute atomic E-state index is 13.7. The van der Waals surface area contributed by atoms with Crippen LogP contribution in [0.2, 0.25) is 0 Å². The SMILES string of the molecule is CCSCCOC(=O)C1=C(C)NC2=C(C(=O)C[C@@H](c3ccc(OC)cc3)C2)[C@H]1c1ccc(OC)cc1. The second-order valence-corrected chi connectivity index (χ2v) is 10.3. The topological polar surface area (TPSA) is 73.9 Å². The van der Waals surface area contributed by atoms with Gasteiger partial charge in [-0.3, -0.25) is 4.79 Å². The summed E-state index contributed by atoms with van der Waals surface area (Å²) in [6.07, 6.45) is 1.07. The van der Waals surface area contributed by atoms with E-state index >= 15 is 0 Å². The Morgan fingerprint density at radius 2 is 1.58 bits per heavy atom. The molecule has 2 aromatic rings. The Morgan fingerprint density at radius 3 is 2.17 bits per heavy atom. The molecule has 6 nitrogen and oxygen atoms in total. The molecule has 1 heterocycles. The Kier molecular flexibility index (Phi) is 8.41. The Hall–Kier alpha value is -3.19. The molecular weight excluding hydrogens is 474 g/mol. The number of Topliss-reactive ketones (excluding diaryl/α,β-unsaturated/α-hetero) is 1. The molecule has 0 radical (unpaired) electrons. The van der Waals surface area contributed by atoms with E-state index in [1.807, 2.05) is 55.5 Å². The molecular formula is C29H33NO5S. The van der Waals surface area contributed by atoms with E-state index in [-0.39, 0.29) is 17.7 Å². The van der Waals surface area contributed by atoms with Crippen molar-refractivity contribution in [3.05, 3.63) is 82.2 Å². The van der Waals surface area contributed by atoms with Crippen molar-refractivity contribution in [2.45, 2.75) is 38.5 Å². The minimum atomic E-state index is -0.484. The van der Waals surface area contributed by atoms with Crippen molar-refractivity contribution >= 4 is 23.5 Å². The molecule has 0 aromatic heterocycles. The van der Waals surface area contributed by atoms with E-state index < -0.39 is 5.92 Å². The van der Waals surface area contributed by atoms with Crippen LogP contribution in [0, 0.1) is 0 Å². The Labute approximate surface area is 217 Å². The third-order valence-electron chi connectivity index (χ3n) is 6.75. The van der Waals surface area contributed by atoms with Crippen LogP contribution in [0.5, 0.6) is 11.5 Å². The lowest BCUT2D eigenvalue weighted by molar-refractivity contribution is -0.138. The summed E-state index contributed by atoms with van der Waals surface area (Å²) in [5.41, 5.74) is 4.73. The molecule has 0 bridgehead atoms. The van der Waals surface area contributed by atoms with Crippen molar-refractivity contribution in [1.29, 1.82) is 0 Å². The molecule has 2 aliphatic rings. The van der Waals surface area contributed by atoms with Gasteiger partial charge in [0.1, 0.15) is 18.1 Å². The lowest BCUT2D eigenvalue weighted by Crippen LogP contribution is -2.36. The highest BCUT2D eigenvalue weighted by Gasteiger charge is 2.41. The third-order valence-corrected chi connectivity index (χ3v) is 7.61. The zero-order chi connectivity index (χ0) is 25.7. The van der Waals surface area contributed by atoms with Crippen LogP contribution in [0.4, 0.5) is 0 Å². The Morgan fingerprint density at radius 1 is 0.972 bits per heavy atom. The summed E-state index contributed by atoms with van der Waals surface area (Å²) in [4.78, 5) is 27.0. The minimum absolute atomic E-state index is 0.0460. The van der Waals surface area contributed by atoms with E-state index in [0.29, 0.717) is 30.6 Å². The maximum Gasteiger partial charge on any atom is 0.336 e.